The third-order valence-electron chi connectivity index (χ3n) is 1.85. The van der Waals surface area contributed by atoms with Crippen LogP contribution in [0.5, 0.6) is 0 Å². The van der Waals surface area contributed by atoms with Crippen molar-refractivity contribution in [3.63, 3.8) is 0 Å². The molecule has 0 rings (SSSR count). The molecule has 96 valence electrons. The van der Waals surface area contributed by atoms with Gasteiger partial charge in [-0.05, 0) is 26.4 Å². The number of alkyl halides is 3. The van der Waals surface area contributed by atoms with Gasteiger partial charge >= 0.3 is 12.1 Å². The maximum absolute atomic E-state index is 11.7. The normalized spacial score (nSPS) is 13.6. The molecule has 0 amide bonds. The second kappa shape index (κ2) is 7.45. The summed E-state index contributed by atoms with van der Waals surface area (Å²) in [6.45, 7) is 0.804. The average Bonchev–Trinajstić information content (AvgIpc) is 2.16. The molecule has 1 unspecified atom stereocenters. The van der Waals surface area contributed by atoms with Crippen LogP contribution < -0.4 is 5.32 Å². The highest BCUT2D eigenvalue weighted by molar-refractivity contribution is 5.75. The lowest BCUT2D eigenvalue weighted by molar-refractivity contribution is -0.220. The number of aliphatic hydroxyl groups is 1. The lowest BCUT2D eigenvalue weighted by Crippen LogP contribution is -2.30. The van der Waals surface area contributed by atoms with Crippen molar-refractivity contribution in [2.75, 3.05) is 13.6 Å². The molecule has 0 heterocycles. The van der Waals surface area contributed by atoms with Crippen LogP contribution in [0, 0.1) is 0 Å². The Labute approximate surface area is 91.8 Å². The fourth-order valence-corrected chi connectivity index (χ4v) is 1.05. The number of nitrogens with one attached hydrogen (secondary N) is 1. The molecule has 0 aliphatic carbocycles. The minimum atomic E-state index is -5.05. The van der Waals surface area contributed by atoms with E-state index >= 15 is 0 Å². The standard InChI is InChI=1S/C9H16F3NO3/c1-13-6-4-2-3-5-7(14)16-8(15)9(10,11)12/h7,13-14H,2-6H2,1H3. The first kappa shape index (κ1) is 15.2. The maximum Gasteiger partial charge on any atom is 0.491 e. The Hall–Kier alpha value is -0.820. The number of ether oxygens (including phenoxy) is 1. The van der Waals surface area contributed by atoms with Crippen molar-refractivity contribution in [1.82, 2.24) is 5.32 Å². The summed E-state index contributed by atoms with van der Waals surface area (Å²) in [5.41, 5.74) is 0. The molecule has 0 bridgehead atoms. The molecule has 0 saturated carbocycles. The van der Waals surface area contributed by atoms with Gasteiger partial charge in [0.15, 0.2) is 0 Å². The van der Waals surface area contributed by atoms with Crippen LogP contribution in [-0.4, -0.2) is 37.1 Å². The molecule has 0 saturated heterocycles. The summed E-state index contributed by atoms with van der Waals surface area (Å²) in [6, 6.07) is 0. The largest absolute Gasteiger partial charge is 0.491 e. The Morgan fingerprint density at radius 3 is 2.50 bits per heavy atom. The first-order valence-electron chi connectivity index (χ1n) is 4.98. The van der Waals surface area contributed by atoms with Crippen LogP contribution in [0.2, 0.25) is 0 Å². The van der Waals surface area contributed by atoms with E-state index in [0.717, 1.165) is 19.4 Å². The van der Waals surface area contributed by atoms with E-state index in [1.807, 2.05) is 0 Å². The molecule has 0 fully saturated rings. The first-order valence-corrected chi connectivity index (χ1v) is 4.98. The predicted molar refractivity (Wildman–Crippen MR) is 50.5 cm³/mol. The average molecular weight is 243 g/mol. The van der Waals surface area contributed by atoms with Gasteiger partial charge in [0.1, 0.15) is 0 Å². The van der Waals surface area contributed by atoms with Crippen molar-refractivity contribution in [2.45, 2.75) is 38.1 Å². The SMILES string of the molecule is CNCCCCCC(O)OC(=O)C(F)(F)F. The number of unbranched alkanes of at least 4 members (excludes halogenated alkanes) is 2. The van der Waals surface area contributed by atoms with Crippen LogP contribution in [0.1, 0.15) is 25.7 Å². The van der Waals surface area contributed by atoms with Crippen LogP contribution in [0.3, 0.4) is 0 Å². The van der Waals surface area contributed by atoms with Gasteiger partial charge in [0.25, 0.3) is 0 Å². The van der Waals surface area contributed by atoms with E-state index in [0.29, 0.717) is 6.42 Å². The highest BCUT2D eigenvalue weighted by Crippen LogP contribution is 2.18. The summed E-state index contributed by atoms with van der Waals surface area (Å²) in [5.74, 6) is -2.35. The van der Waals surface area contributed by atoms with E-state index in [1.54, 1.807) is 7.05 Å². The lowest BCUT2D eigenvalue weighted by Gasteiger charge is -2.13. The van der Waals surface area contributed by atoms with Gasteiger partial charge in [-0.15, -0.1) is 0 Å². The highest BCUT2D eigenvalue weighted by Gasteiger charge is 2.42. The molecule has 1 atom stereocenters. The molecule has 0 radical (unpaired) electrons. The predicted octanol–water partition coefficient (Wildman–Crippen LogP) is 1.19. The number of halogens is 3. The van der Waals surface area contributed by atoms with Crippen molar-refractivity contribution in [1.29, 1.82) is 0 Å². The van der Waals surface area contributed by atoms with Crippen LogP contribution in [0.4, 0.5) is 13.2 Å². The quantitative estimate of drug-likeness (QED) is 0.400. The Morgan fingerprint density at radius 1 is 1.38 bits per heavy atom. The molecule has 2 N–H and O–H groups in total. The summed E-state index contributed by atoms with van der Waals surface area (Å²) in [6.07, 6.45) is -4.59. The van der Waals surface area contributed by atoms with Gasteiger partial charge in [-0.2, -0.15) is 13.2 Å². The van der Waals surface area contributed by atoms with Crippen molar-refractivity contribution in [2.24, 2.45) is 0 Å². The molecule has 0 aromatic heterocycles. The highest BCUT2D eigenvalue weighted by atomic mass is 19.4. The summed E-state index contributed by atoms with van der Waals surface area (Å²) >= 11 is 0. The Bertz CT molecular complexity index is 209. The fourth-order valence-electron chi connectivity index (χ4n) is 1.05. The van der Waals surface area contributed by atoms with Crippen molar-refractivity contribution in [3.8, 4) is 0 Å². The van der Waals surface area contributed by atoms with Gasteiger partial charge in [0.2, 0.25) is 6.29 Å². The number of hydrogen-bond acceptors (Lipinski definition) is 4. The van der Waals surface area contributed by atoms with E-state index in [1.165, 1.54) is 0 Å². The van der Waals surface area contributed by atoms with Crippen LogP contribution in [0.15, 0.2) is 0 Å². The van der Waals surface area contributed by atoms with Crippen molar-refractivity contribution < 1.29 is 27.8 Å². The number of carbonyl (C=O) groups excluding carboxylic acids is 1. The third kappa shape index (κ3) is 7.47. The minimum Gasteiger partial charge on any atom is -0.429 e. The zero-order valence-electron chi connectivity index (χ0n) is 9.01. The van der Waals surface area contributed by atoms with Crippen molar-refractivity contribution >= 4 is 5.97 Å². The van der Waals surface area contributed by atoms with Gasteiger partial charge in [0.05, 0.1) is 0 Å². The topological polar surface area (TPSA) is 58.6 Å². The Kier molecular flexibility index (Phi) is 7.07. The molecule has 0 aliphatic rings. The summed E-state index contributed by atoms with van der Waals surface area (Å²) in [5, 5.41) is 11.9. The molecule has 0 aliphatic heterocycles. The molecule has 0 aromatic rings. The molecule has 0 spiro atoms. The number of esters is 1. The number of carbonyl (C=O) groups is 1. The van der Waals surface area contributed by atoms with Gasteiger partial charge in [-0.3, -0.25) is 0 Å². The number of hydrogen-bond donors (Lipinski definition) is 2. The second-order valence-corrected chi connectivity index (χ2v) is 3.31. The van der Waals surface area contributed by atoms with E-state index in [4.69, 9.17) is 5.11 Å². The lowest BCUT2D eigenvalue weighted by atomic mass is 10.2. The van der Waals surface area contributed by atoms with Crippen molar-refractivity contribution in [3.05, 3.63) is 0 Å². The molecule has 0 aromatic carbocycles. The van der Waals surface area contributed by atoms with E-state index in [9.17, 15) is 18.0 Å². The van der Waals surface area contributed by atoms with Crippen LogP contribution in [0.25, 0.3) is 0 Å². The molecule has 16 heavy (non-hydrogen) atoms. The van der Waals surface area contributed by atoms with Gasteiger partial charge in [0, 0.05) is 6.42 Å². The molecule has 7 heteroatoms. The summed E-state index contributed by atoms with van der Waals surface area (Å²) in [4.78, 5) is 10.3. The zero-order chi connectivity index (χ0) is 12.6. The molecular formula is C9H16F3NO3. The smallest absolute Gasteiger partial charge is 0.429 e. The number of rotatable bonds is 7. The Morgan fingerprint density at radius 2 is 2.00 bits per heavy atom. The van der Waals surface area contributed by atoms with Gasteiger partial charge < -0.3 is 15.2 Å². The minimum absolute atomic E-state index is 0.0194. The van der Waals surface area contributed by atoms with Crippen LogP contribution >= 0.6 is 0 Å². The summed E-state index contributed by atoms with van der Waals surface area (Å²) in [7, 11) is 1.79. The molecular weight excluding hydrogens is 227 g/mol. The Balaban J connectivity index is 3.59. The maximum atomic E-state index is 11.7. The van der Waals surface area contributed by atoms with Gasteiger partial charge in [-0.25, -0.2) is 4.79 Å². The number of aliphatic hydroxyl groups excluding tert-OH is 1. The second-order valence-electron chi connectivity index (χ2n) is 3.31. The fraction of sp³-hybridized carbons (Fsp3) is 0.889. The van der Waals surface area contributed by atoms with E-state index < -0.39 is 18.4 Å². The monoisotopic (exact) mass is 243 g/mol. The first-order chi connectivity index (χ1) is 7.38. The van der Waals surface area contributed by atoms with E-state index in [2.05, 4.69) is 10.1 Å². The third-order valence-corrected chi connectivity index (χ3v) is 1.85. The molecule has 4 nitrogen and oxygen atoms in total. The summed E-state index contributed by atoms with van der Waals surface area (Å²) < 4.78 is 38.9. The van der Waals surface area contributed by atoms with Crippen LogP contribution in [-0.2, 0) is 9.53 Å². The van der Waals surface area contributed by atoms with Gasteiger partial charge in [-0.1, -0.05) is 6.42 Å². The zero-order valence-corrected chi connectivity index (χ0v) is 9.01. The van der Waals surface area contributed by atoms with E-state index in [-0.39, 0.29) is 6.42 Å².